The van der Waals surface area contributed by atoms with Gasteiger partial charge in [-0.25, -0.2) is 0 Å². The second-order valence-electron chi connectivity index (χ2n) is 6.55. The maximum Gasteiger partial charge on any atom is 0.272 e. The Labute approximate surface area is 173 Å². The summed E-state index contributed by atoms with van der Waals surface area (Å²) in [4.78, 5) is 31.0. The number of ether oxygens (including phenoxy) is 2. The van der Waals surface area contributed by atoms with Crippen LogP contribution in [0.25, 0.3) is 0 Å². The molecule has 2 aromatic heterocycles. The fourth-order valence-corrected chi connectivity index (χ4v) is 2.85. The summed E-state index contributed by atoms with van der Waals surface area (Å²) in [7, 11) is 3.13. The van der Waals surface area contributed by atoms with Gasteiger partial charge in [0.05, 0.1) is 14.2 Å². The SMILES string of the molecule is COc1ccc(Cc2nnc(CCC(=O)NCc3cccnc3)c(=O)[nH]2)cc1OC. The molecule has 0 saturated carbocycles. The number of nitrogens with one attached hydrogen (secondary N) is 2. The van der Waals surface area contributed by atoms with Crippen LogP contribution in [0, 0.1) is 0 Å². The molecule has 0 aliphatic carbocycles. The number of benzene rings is 1. The molecule has 0 unspecified atom stereocenters. The molecule has 156 valence electrons. The lowest BCUT2D eigenvalue weighted by atomic mass is 10.1. The van der Waals surface area contributed by atoms with Crippen LogP contribution in [0.4, 0.5) is 0 Å². The Balaban J connectivity index is 1.56. The Hall–Kier alpha value is -3.75. The molecule has 9 nitrogen and oxygen atoms in total. The molecule has 0 radical (unpaired) electrons. The van der Waals surface area contributed by atoms with Crippen molar-refractivity contribution in [2.24, 2.45) is 0 Å². The molecule has 2 N–H and O–H groups in total. The number of nitrogens with zero attached hydrogens (tertiary/aromatic N) is 3. The topological polar surface area (TPSA) is 119 Å². The Morgan fingerprint density at radius 3 is 2.63 bits per heavy atom. The number of carbonyl (C=O) groups excluding carboxylic acids is 1. The average molecular weight is 409 g/mol. The van der Waals surface area contributed by atoms with Gasteiger partial charge in [-0.05, 0) is 29.3 Å². The van der Waals surface area contributed by atoms with Gasteiger partial charge in [0.15, 0.2) is 11.5 Å². The van der Waals surface area contributed by atoms with Crippen LogP contribution in [0.1, 0.15) is 29.1 Å². The van der Waals surface area contributed by atoms with E-state index < -0.39 is 0 Å². The van der Waals surface area contributed by atoms with Crippen molar-refractivity contribution >= 4 is 5.91 Å². The van der Waals surface area contributed by atoms with Gasteiger partial charge >= 0.3 is 0 Å². The van der Waals surface area contributed by atoms with Crippen molar-refractivity contribution in [2.75, 3.05) is 14.2 Å². The molecular formula is C21H23N5O4. The summed E-state index contributed by atoms with van der Waals surface area (Å²) >= 11 is 0. The van der Waals surface area contributed by atoms with Crippen molar-refractivity contribution < 1.29 is 14.3 Å². The minimum Gasteiger partial charge on any atom is -0.493 e. The van der Waals surface area contributed by atoms with Gasteiger partial charge in [0.1, 0.15) is 11.5 Å². The van der Waals surface area contributed by atoms with Gasteiger partial charge in [0.25, 0.3) is 5.56 Å². The van der Waals surface area contributed by atoms with Gasteiger partial charge in [-0.3, -0.25) is 14.6 Å². The first-order chi connectivity index (χ1) is 14.6. The monoisotopic (exact) mass is 409 g/mol. The summed E-state index contributed by atoms with van der Waals surface area (Å²) in [5.41, 5.74) is 1.67. The first-order valence-electron chi connectivity index (χ1n) is 9.40. The Kier molecular flexibility index (Phi) is 7.09. The average Bonchev–Trinajstić information content (AvgIpc) is 2.77. The van der Waals surface area contributed by atoms with E-state index in [4.69, 9.17) is 9.47 Å². The van der Waals surface area contributed by atoms with E-state index in [9.17, 15) is 9.59 Å². The number of rotatable bonds is 9. The summed E-state index contributed by atoms with van der Waals surface area (Å²) < 4.78 is 10.5. The van der Waals surface area contributed by atoms with E-state index in [1.807, 2.05) is 18.2 Å². The number of hydrogen-bond acceptors (Lipinski definition) is 7. The molecule has 2 heterocycles. The molecule has 0 bridgehead atoms. The molecule has 0 aliphatic rings. The molecule has 3 rings (SSSR count). The van der Waals surface area contributed by atoms with Crippen LogP contribution in [0.2, 0.25) is 0 Å². The zero-order chi connectivity index (χ0) is 21.3. The summed E-state index contributed by atoms with van der Waals surface area (Å²) in [6.45, 7) is 0.388. The van der Waals surface area contributed by atoms with Crippen LogP contribution >= 0.6 is 0 Å². The summed E-state index contributed by atoms with van der Waals surface area (Å²) in [5.74, 6) is 1.48. The van der Waals surface area contributed by atoms with Gasteiger partial charge in [-0.1, -0.05) is 12.1 Å². The third kappa shape index (κ3) is 5.63. The molecule has 9 heteroatoms. The number of aromatic nitrogens is 4. The molecule has 30 heavy (non-hydrogen) atoms. The Morgan fingerprint density at radius 2 is 1.93 bits per heavy atom. The quantitative estimate of drug-likeness (QED) is 0.548. The lowest BCUT2D eigenvalue weighted by Crippen LogP contribution is -2.25. The number of methoxy groups -OCH3 is 2. The van der Waals surface area contributed by atoms with E-state index >= 15 is 0 Å². The number of pyridine rings is 1. The van der Waals surface area contributed by atoms with Crippen LogP contribution < -0.4 is 20.3 Å². The number of aryl methyl sites for hydroxylation is 1. The van der Waals surface area contributed by atoms with E-state index in [1.54, 1.807) is 38.7 Å². The van der Waals surface area contributed by atoms with Crippen LogP contribution in [-0.4, -0.2) is 40.3 Å². The van der Waals surface area contributed by atoms with E-state index in [1.165, 1.54) is 0 Å². The molecule has 0 fully saturated rings. The predicted molar refractivity (Wildman–Crippen MR) is 109 cm³/mol. The van der Waals surface area contributed by atoms with E-state index in [0.717, 1.165) is 11.1 Å². The number of H-pyrrole nitrogens is 1. The fourth-order valence-electron chi connectivity index (χ4n) is 2.85. The van der Waals surface area contributed by atoms with Gasteiger partial charge in [0.2, 0.25) is 5.91 Å². The van der Waals surface area contributed by atoms with E-state index in [0.29, 0.717) is 30.3 Å². The van der Waals surface area contributed by atoms with Crippen molar-refractivity contribution in [1.29, 1.82) is 0 Å². The molecule has 0 saturated heterocycles. The number of hydrogen-bond donors (Lipinski definition) is 2. The van der Waals surface area contributed by atoms with Crippen LogP contribution in [0.15, 0.2) is 47.5 Å². The minimum absolute atomic E-state index is 0.146. The van der Waals surface area contributed by atoms with Crippen molar-refractivity contribution in [3.8, 4) is 11.5 Å². The second-order valence-corrected chi connectivity index (χ2v) is 6.55. The van der Waals surface area contributed by atoms with Gasteiger partial charge in [-0.2, -0.15) is 0 Å². The second kappa shape index (κ2) is 10.1. The maximum atomic E-state index is 12.3. The smallest absolute Gasteiger partial charge is 0.272 e. The number of carbonyl (C=O) groups is 1. The lowest BCUT2D eigenvalue weighted by molar-refractivity contribution is -0.121. The van der Waals surface area contributed by atoms with Gasteiger partial charge < -0.3 is 19.8 Å². The van der Waals surface area contributed by atoms with E-state index in [-0.39, 0.29) is 30.0 Å². The summed E-state index contributed by atoms with van der Waals surface area (Å²) in [5, 5.41) is 10.9. The molecule has 0 spiro atoms. The van der Waals surface area contributed by atoms with Crippen LogP contribution in [-0.2, 0) is 24.2 Å². The highest BCUT2D eigenvalue weighted by Gasteiger charge is 2.10. The van der Waals surface area contributed by atoms with E-state index in [2.05, 4.69) is 25.5 Å². The molecule has 1 amide bonds. The zero-order valence-corrected chi connectivity index (χ0v) is 16.8. The number of aromatic amines is 1. The normalized spacial score (nSPS) is 10.5. The zero-order valence-electron chi connectivity index (χ0n) is 16.8. The van der Waals surface area contributed by atoms with Crippen molar-refractivity contribution in [1.82, 2.24) is 25.5 Å². The minimum atomic E-state index is -0.347. The largest absolute Gasteiger partial charge is 0.493 e. The molecule has 3 aromatic rings. The molecule has 0 atom stereocenters. The first-order valence-corrected chi connectivity index (χ1v) is 9.40. The van der Waals surface area contributed by atoms with Crippen molar-refractivity contribution in [3.05, 3.63) is 75.7 Å². The van der Waals surface area contributed by atoms with Crippen LogP contribution in [0.5, 0.6) is 11.5 Å². The lowest BCUT2D eigenvalue weighted by Gasteiger charge is -2.09. The van der Waals surface area contributed by atoms with Crippen molar-refractivity contribution in [3.63, 3.8) is 0 Å². The molecular weight excluding hydrogens is 386 g/mol. The Morgan fingerprint density at radius 1 is 1.10 bits per heavy atom. The highest BCUT2D eigenvalue weighted by Crippen LogP contribution is 2.28. The molecule has 1 aromatic carbocycles. The van der Waals surface area contributed by atoms with Crippen molar-refractivity contribution in [2.45, 2.75) is 25.8 Å². The van der Waals surface area contributed by atoms with Crippen LogP contribution in [0.3, 0.4) is 0 Å². The highest BCUT2D eigenvalue weighted by atomic mass is 16.5. The standard InChI is InChI=1S/C21H23N5O4/c1-29-17-7-5-14(10-18(17)30-2)11-19-24-21(28)16(25-26-19)6-8-20(27)23-13-15-4-3-9-22-12-15/h3-5,7,9-10,12H,6,8,11,13H2,1-2H3,(H,23,27)(H,24,26,28). The summed E-state index contributed by atoms with van der Waals surface area (Å²) in [6.07, 6.45) is 4.10. The van der Waals surface area contributed by atoms with Gasteiger partial charge in [-0.15, -0.1) is 10.2 Å². The Bertz CT molecular complexity index is 1050. The first kappa shape index (κ1) is 21.0. The van der Waals surface area contributed by atoms with Gasteiger partial charge in [0, 0.05) is 38.2 Å². The summed E-state index contributed by atoms with van der Waals surface area (Å²) in [6, 6.07) is 9.15. The maximum absolute atomic E-state index is 12.3. The predicted octanol–water partition coefficient (Wildman–Crippen LogP) is 1.42. The fraction of sp³-hybridized carbons (Fsp3) is 0.286. The number of amides is 1. The highest BCUT2D eigenvalue weighted by molar-refractivity contribution is 5.76. The third-order valence-electron chi connectivity index (χ3n) is 4.43. The molecule has 0 aliphatic heterocycles. The third-order valence-corrected chi connectivity index (χ3v) is 4.43.